The highest BCUT2D eigenvalue weighted by atomic mass is 35.5. The van der Waals surface area contributed by atoms with Gasteiger partial charge in [-0.2, -0.15) is 0 Å². The topological polar surface area (TPSA) is 35.6 Å². The third-order valence-corrected chi connectivity index (χ3v) is 7.48. The summed E-state index contributed by atoms with van der Waals surface area (Å²) < 4.78 is 5.64. The first-order valence-electron chi connectivity index (χ1n) is 9.95. The molecule has 0 unspecified atom stereocenters. The van der Waals surface area contributed by atoms with Crippen LogP contribution in [-0.4, -0.2) is 19.3 Å². The first kappa shape index (κ1) is 20.4. The number of thiophene rings is 1. The molecular weight excluding hydrogens is 444 g/mol. The van der Waals surface area contributed by atoms with Crippen LogP contribution < -0.4 is 0 Å². The van der Waals surface area contributed by atoms with Crippen molar-refractivity contribution in [2.75, 3.05) is 0 Å². The lowest BCUT2D eigenvalue weighted by Crippen LogP contribution is -2.04. The SMILES string of the molecule is Cc1ccc(C)c(-n2c(SCc3cccc(Cl)c3)nnc2-c2cc3sccc3n2C)c1. The number of benzene rings is 2. The van der Waals surface area contributed by atoms with E-state index in [-0.39, 0.29) is 0 Å². The summed E-state index contributed by atoms with van der Waals surface area (Å²) in [4.78, 5) is 0. The van der Waals surface area contributed by atoms with Crippen LogP contribution in [-0.2, 0) is 12.8 Å². The maximum atomic E-state index is 6.18. The summed E-state index contributed by atoms with van der Waals surface area (Å²) in [6, 6.07) is 18.8. The van der Waals surface area contributed by atoms with E-state index >= 15 is 0 Å². The molecule has 156 valence electrons. The summed E-state index contributed by atoms with van der Waals surface area (Å²) in [5.41, 5.74) is 6.94. The molecule has 5 aromatic rings. The quantitative estimate of drug-likeness (QED) is 0.261. The number of nitrogens with zero attached hydrogens (tertiary/aromatic N) is 4. The molecule has 0 fully saturated rings. The van der Waals surface area contributed by atoms with E-state index in [1.807, 2.05) is 18.2 Å². The highest BCUT2D eigenvalue weighted by Crippen LogP contribution is 2.35. The number of hydrogen-bond donors (Lipinski definition) is 0. The molecule has 0 saturated carbocycles. The fourth-order valence-electron chi connectivity index (χ4n) is 3.75. The highest BCUT2D eigenvalue weighted by molar-refractivity contribution is 7.98. The van der Waals surface area contributed by atoms with Gasteiger partial charge in [0.15, 0.2) is 11.0 Å². The molecule has 7 heteroatoms. The van der Waals surface area contributed by atoms with Crippen LogP contribution in [0.15, 0.2) is 65.1 Å². The molecule has 31 heavy (non-hydrogen) atoms. The highest BCUT2D eigenvalue weighted by Gasteiger charge is 2.21. The van der Waals surface area contributed by atoms with Crippen molar-refractivity contribution in [2.24, 2.45) is 7.05 Å². The van der Waals surface area contributed by atoms with Crippen LogP contribution >= 0.6 is 34.7 Å². The number of aryl methyl sites for hydroxylation is 3. The molecule has 0 spiro atoms. The molecule has 5 rings (SSSR count). The summed E-state index contributed by atoms with van der Waals surface area (Å²) in [6.45, 7) is 4.25. The van der Waals surface area contributed by atoms with Gasteiger partial charge in [0.2, 0.25) is 0 Å². The lowest BCUT2D eigenvalue weighted by atomic mass is 10.1. The Hall–Kier alpha value is -2.54. The van der Waals surface area contributed by atoms with Crippen molar-refractivity contribution in [1.82, 2.24) is 19.3 Å². The molecule has 0 amide bonds. The summed E-state index contributed by atoms with van der Waals surface area (Å²) in [5, 5.41) is 13.0. The van der Waals surface area contributed by atoms with Crippen molar-refractivity contribution in [3.8, 4) is 17.2 Å². The summed E-state index contributed by atoms with van der Waals surface area (Å²) >= 11 is 9.59. The van der Waals surface area contributed by atoms with Crippen molar-refractivity contribution in [1.29, 1.82) is 0 Å². The van der Waals surface area contributed by atoms with Crippen molar-refractivity contribution >= 4 is 44.9 Å². The van der Waals surface area contributed by atoms with E-state index in [4.69, 9.17) is 11.6 Å². The fourth-order valence-corrected chi connectivity index (χ4v) is 5.70. The van der Waals surface area contributed by atoms with Gasteiger partial charge in [-0.05, 0) is 66.2 Å². The van der Waals surface area contributed by atoms with E-state index < -0.39 is 0 Å². The van der Waals surface area contributed by atoms with Gasteiger partial charge in [0.05, 0.1) is 21.6 Å². The predicted molar refractivity (Wildman–Crippen MR) is 132 cm³/mol. The molecule has 0 atom stereocenters. The Balaban J connectivity index is 1.64. The second-order valence-corrected chi connectivity index (χ2v) is 9.94. The van der Waals surface area contributed by atoms with Crippen LogP contribution in [0.1, 0.15) is 16.7 Å². The normalized spacial score (nSPS) is 11.5. The molecule has 0 aliphatic carbocycles. The van der Waals surface area contributed by atoms with Gasteiger partial charge in [0.25, 0.3) is 0 Å². The molecule has 0 saturated heterocycles. The van der Waals surface area contributed by atoms with E-state index in [2.05, 4.69) is 82.0 Å². The second-order valence-electron chi connectivity index (χ2n) is 7.61. The van der Waals surface area contributed by atoms with Gasteiger partial charge in [-0.25, -0.2) is 0 Å². The minimum atomic E-state index is 0.749. The van der Waals surface area contributed by atoms with Gasteiger partial charge < -0.3 is 4.57 Å². The average Bonchev–Trinajstić information content (AvgIpc) is 3.44. The number of fused-ring (bicyclic) bond motifs is 1. The van der Waals surface area contributed by atoms with Crippen LogP contribution in [0.3, 0.4) is 0 Å². The third kappa shape index (κ3) is 3.80. The van der Waals surface area contributed by atoms with Crippen LogP contribution in [0.2, 0.25) is 5.02 Å². The van der Waals surface area contributed by atoms with Crippen molar-refractivity contribution in [3.05, 3.63) is 81.7 Å². The molecule has 0 radical (unpaired) electrons. The predicted octanol–water partition coefficient (Wildman–Crippen LogP) is 7.05. The van der Waals surface area contributed by atoms with Crippen LogP contribution in [0, 0.1) is 13.8 Å². The molecule has 0 bridgehead atoms. The number of rotatable bonds is 5. The Kier molecular flexibility index (Phi) is 5.38. The number of thioether (sulfide) groups is 1. The van der Waals surface area contributed by atoms with E-state index in [1.54, 1.807) is 23.1 Å². The molecule has 3 aromatic heterocycles. The van der Waals surface area contributed by atoms with Crippen LogP contribution in [0.25, 0.3) is 27.4 Å². The van der Waals surface area contributed by atoms with E-state index in [0.717, 1.165) is 38.7 Å². The number of hydrogen-bond acceptors (Lipinski definition) is 4. The van der Waals surface area contributed by atoms with E-state index in [9.17, 15) is 0 Å². The second kappa shape index (κ2) is 8.19. The summed E-state index contributed by atoms with van der Waals surface area (Å²) in [6.07, 6.45) is 0. The van der Waals surface area contributed by atoms with Gasteiger partial charge in [-0.1, -0.05) is 47.6 Å². The molecule has 4 nitrogen and oxygen atoms in total. The van der Waals surface area contributed by atoms with E-state index in [1.165, 1.54) is 21.3 Å². The molecule has 0 aliphatic heterocycles. The summed E-state index contributed by atoms with van der Waals surface area (Å²) in [5.74, 6) is 1.62. The number of halogens is 1. The lowest BCUT2D eigenvalue weighted by Gasteiger charge is -2.14. The average molecular weight is 465 g/mol. The smallest absolute Gasteiger partial charge is 0.196 e. The Morgan fingerprint density at radius 3 is 2.71 bits per heavy atom. The minimum absolute atomic E-state index is 0.749. The zero-order valence-corrected chi connectivity index (χ0v) is 19.9. The third-order valence-electron chi connectivity index (χ3n) is 5.39. The number of aromatic nitrogens is 4. The van der Waals surface area contributed by atoms with E-state index in [0.29, 0.717) is 0 Å². The van der Waals surface area contributed by atoms with Crippen molar-refractivity contribution in [3.63, 3.8) is 0 Å². The zero-order chi connectivity index (χ0) is 21.5. The monoisotopic (exact) mass is 464 g/mol. The van der Waals surface area contributed by atoms with Crippen molar-refractivity contribution in [2.45, 2.75) is 24.8 Å². The largest absolute Gasteiger partial charge is 0.340 e. The Morgan fingerprint density at radius 1 is 1.03 bits per heavy atom. The maximum absolute atomic E-state index is 6.18. The lowest BCUT2D eigenvalue weighted by molar-refractivity contribution is 0.872. The fraction of sp³-hybridized carbons (Fsp3) is 0.167. The molecule has 3 heterocycles. The Morgan fingerprint density at radius 2 is 1.90 bits per heavy atom. The maximum Gasteiger partial charge on any atom is 0.196 e. The molecule has 2 aromatic carbocycles. The van der Waals surface area contributed by atoms with Gasteiger partial charge in [0, 0.05) is 17.8 Å². The van der Waals surface area contributed by atoms with Gasteiger partial charge in [-0.3, -0.25) is 4.57 Å². The van der Waals surface area contributed by atoms with Crippen LogP contribution in [0.5, 0.6) is 0 Å². The summed E-state index contributed by atoms with van der Waals surface area (Å²) in [7, 11) is 2.09. The zero-order valence-electron chi connectivity index (χ0n) is 17.5. The molecule has 0 N–H and O–H groups in total. The van der Waals surface area contributed by atoms with Gasteiger partial charge >= 0.3 is 0 Å². The first-order valence-corrected chi connectivity index (χ1v) is 12.2. The van der Waals surface area contributed by atoms with Gasteiger partial charge in [0.1, 0.15) is 0 Å². The molecule has 0 aliphatic rings. The Labute approximate surface area is 194 Å². The Bertz CT molecular complexity index is 1400. The first-order chi connectivity index (χ1) is 15.0. The van der Waals surface area contributed by atoms with Crippen LogP contribution in [0.4, 0.5) is 0 Å². The molecular formula is C24H21ClN4S2. The minimum Gasteiger partial charge on any atom is -0.340 e. The van der Waals surface area contributed by atoms with Gasteiger partial charge in [-0.15, -0.1) is 21.5 Å². The van der Waals surface area contributed by atoms with Crippen molar-refractivity contribution < 1.29 is 0 Å². The standard InChI is InChI=1S/C24H21ClN4S2/c1-15-7-8-16(2)20(11-15)29-23(21-13-22-19(28(21)3)9-10-30-22)26-27-24(29)31-14-17-5-4-6-18(25)12-17/h4-13H,14H2,1-3H3.